The summed E-state index contributed by atoms with van der Waals surface area (Å²) in [5.74, 6) is -0.0805. The molecule has 1 amide bonds. The molecule has 0 aliphatic heterocycles. The fraction of sp³-hybridized carbons (Fsp3) is 0.667. The normalized spacial score (nSPS) is 12.5. The second-order valence-corrected chi connectivity index (χ2v) is 5.33. The first-order chi connectivity index (χ1) is 7.15. The third-order valence-corrected chi connectivity index (χ3v) is 3.55. The van der Waals surface area contributed by atoms with Gasteiger partial charge in [0.15, 0.2) is 0 Å². The Kier molecular flexibility index (Phi) is 5.17. The Balaban J connectivity index is 2.40. The number of hydrogen-bond acceptors (Lipinski definition) is 4. The van der Waals surface area contributed by atoms with Crippen molar-refractivity contribution in [3.63, 3.8) is 0 Å². The number of aromatic nitrogens is 2. The van der Waals surface area contributed by atoms with E-state index in [1.54, 1.807) is 6.92 Å². The van der Waals surface area contributed by atoms with Crippen LogP contribution in [0, 0.1) is 6.92 Å². The minimum absolute atomic E-state index is 0.0805. The van der Waals surface area contributed by atoms with Crippen LogP contribution in [0.2, 0.25) is 0 Å². The number of carbonyl (C=O) groups is 1. The molecular formula is C9H14BrN3OS. The highest BCUT2D eigenvalue weighted by Crippen LogP contribution is 2.10. The van der Waals surface area contributed by atoms with E-state index in [1.807, 2.05) is 0 Å². The predicted octanol–water partition coefficient (Wildman–Crippen LogP) is 2.14. The molecule has 0 aliphatic rings. The van der Waals surface area contributed by atoms with E-state index >= 15 is 0 Å². The largest absolute Gasteiger partial charge is 0.350 e. The van der Waals surface area contributed by atoms with Crippen LogP contribution < -0.4 is 5.32 Å². The zero-order chi connectivity index (χ0) is 11.3. The lowest BCUT2D eigenvalue weighted by molar-refractivity contribution is 0.0957. The number of nitrogens with zero attached hydrogens (tertiary/aromatic N) is 2. The summed E-state index contributed by atoms with van der Waals surface area (Å²) in [6, 6.07) is 0. The lowest BCUT2D eigenvalue weighted by atomic mass is 10.2. The molecule has 84 valence electrons. The molecule has 1 rings (SSSR count). The molecule has 6 heteroatoms. The maximum absolute atomic E-state index is 11.6. The summed E-state index contributed by atoms with van der Waals surface area (Å²) < 4.78 is 3.73. The first-order valence-corrected chi connectivity index (χ1v) is 6.55. The van der Waals surface area contributed by atoms with Crippen molar-refractivity contribution in [3.8, 4) is 0 Å². The standard InChI is InChI=1S/C9H14BrN3OS/c1-3-4-7(10)5-11-9(14)8-6(2)12-13-15-8/h7H,3-5H2,1-2H3,(H,11,14). The topological polar surface area (TPSA) is 54.9 Å². The van der Waals surface area contributed by atoms with E-state index in [0.29, 0.717) is 21.9 Å². The van der Waals surface area contributed by atoms with Crippen molar-refractivity contribution in [2.75, 3.05) is 6.54 Å². The molecule has 15 heavy (non-hydrogen) atoms. The van der Waals surface area contributed by atoms with Crippen molar-refractivity contribution < 1.29 is 4.79 Å². The average molecular weight is 292 g/mol. The van der Waals surface area contributed by atoms with Gasteiger partial charge in [-0.2, -0.15) is 0 Å². The van der Waals surface area contributed by atoms with Crippen molar-refractivity contribution in [1.82, 2.24) is 14.9 Å². The Morgan fingerprint density at radius 1 is 1.67 bits per heavy atom. The molecule has 0 bridgehead atoms. The van der Waals surface area contributed by atoms with E-state index < -0.39 is 0 Å². The van der Waals surface area contributed by atoms with Crippen LogP contribution in [0.1, 0.15) is 35.1 Å². The summed E-state index contributed by atoms with van der Waals surface area (Å²) in [6.45, 7) is 4.55. The Morgan fingerprint density at radius 2 is 2.40 bits per heavy atom. The summed E-state index contributed by atoms with van der Waals surface area (Å²) in [7, 11) is 0. The highest BCUT2D eigenvalue weighted by Gasteiger charge is 2.13. The fourth-order valence-corrected chi connectivity index (χ4v) is 2.33. The maximum atomic E-state index is 11.6. The molecule has 0 aromatic carbocycles. The molecule has 1 N–H and O–H groups in total. The van der Waals surface area contributed by atoms with Gasteiger partial charge in [-0.25, -0.2) is 0 Å². The van der Waals surface area contributed by atoms with Crippen molar-refractivity contribution in [2.45, 2.75) is 31.5 Å². The maximum Gasteiger partial charge on any atom is 0.264 e. The monoisotopic (exact) mass is 291 g/mol. The molecule has 1 unspecified atom stereocenters. The molecule has 0 saturated carbocycles. The molecule has 1 atom stereocenters. The second-order valence-electron chi connectivity index (χ2n) is 3.28. The summed E-state index contributed by atoms with van der Waals surface area (Å²) in [6.07, 6.45) is 2.16. The van der Waals surface area contributed by atoms with Gasteiger partial charge in [-0.1, -0.05) is 33.8 Å². The van der Waals surface area contributed by atoms with Gasteiger partial charge in [0.2, 0.25) is 0 Å². The van der Waals surface area contributed by atoms with Gasteiger partial charge in [0.05, 0.1) is 5.69 Å². The van der Waals surface area contributed by atoms with Crippen molar-refractivity contribution in [3.05, 3.63) is 10.6 Å². The Labute approximate surface area is 102 Å². The Bertz CT molecular complexity index is 329. The van der Waals surface area contributed by atoms with Crippen molar-refractivity contribution >= 4 is 33.4 Å². The minimum Gasteiger partial charge on any atom is -0.350 e. The molecule has 1 heterocycles. The summed E-state index contributed by atoms with van der Waals surface area (Å²) >= 11 is 4.64. The van der Waals surface area contributed by atoms with E-state index in [4.69, 9.17) is 0 Å². The summed E-state index contributed by atoms with van der Waals surface area (Å²) in [5, 5.41) is 6.65. The van der Waals surface area contributed by atoms with Crippen LogP contribution in [0.3, 0.4) is 0 Å². The number of carbonyl (C=O) groups excluding carboxylic acids is 1. The number of hydrogen-bond donors (Lipinski definition) is 1. The Morgan fingerprint density at radius 3 is 2.93 bits per heavy atom. The number of halogens is 1. The summed E-state index contributed by atoms with van der Waals surface area (Å²) in [4.78, 5) is 12.6. The van der Waals surface area contributed by atoms with E-state index in [0.717, 1.165) is 24.4 Å². The van der Waals surface area contributed by atoms with Gasteiger partial charge in [0.1, 0.15) is 4.88 Å². The van der Waals surface area contributed by atoms with Gasteiger partial charge in [-0.05, 0) is 24.9 Å². The molecule has 1 aromatic heterocycles. The third kappa shape index (κ3) is 3.87. The first-order valence-electron chi connectivity index (χ1n) is 4.86. The zero-order valence-electron chi connectivity index (χ0n) is 8.79. The number of rotatable bonds is 5. The Hall–Kier alpha value is -0.490. The predicted molar refractivity (Wildman–Crippen MR) is 64.6 cm³/mol. The summed E-state index contributed by atoms with van der Waals surface area (Å²) in [5.41, 5.74) is 0.694. The van der Waals surface area contributed by atoms with Crippen LogP contribution in [0.4, 0.5) is 0 Å². The molecule has 0 radical (unpaired) electrons. The van der Waals surface area contributed by atoms with E-state index in [1.165, 1.54) is 0 Å². The number of alkyl halides is 1. The quantitative estimate of drug-likeness (QED) is 0.846. The van der Waals surface area contributed by atoms with Gasteiger partial charge in [0.25, 0.3) is 5.91 Å². The molecule has 0 aliphatic carbocycles. The second kappa shape index (κ2) is 6.17. The van der Waals surface area contributed by atoms with Crippen molar-refractivity contribution in [1.29, 1.82) is 0 Å². The van der Waals surface area contributed by atoms with Crippen molar-refractivity contribution in [2.24, 2.45) is 0 Å². The third-order valence-electron chi connectivity index (χ3n) is 1.94. The lowest BCUT2D eigenvalue weighted by Crippen LogP contribution is -2.29. The van der Waals surface area contributed by atoms with E-state index in [9.17, 15) is 4.79 Å². The van der Waals surface area contributed by atoms with Gasteiger partial charge >= 0.3 is 0 Å². The lowest BCUT2D eigenvalue weighted by Gasteiger charge is -2.08. The molecule has 1 aromatic rings. The smallest absolute Gasteiger partial charge is 0.264 e. The van der Waals surface area contributed by atoms with E-state index in [2.05, 4.69) is 37.8 Å². The molecule has 0 spiro atoms. The van der Waals surface area contributed by atoms with Crippen LogP contribution in [0.15, 0.2) is 0 Å². The van der Waals surface area contributed by atoms with Crippen LogP contribution >= 0.6 is 27.5 Å². The number of aryl methyl sites for hydroxylation is 1. The molecule has 0 saturated heterocycles. The first kappa shape index (κ1) is 12.6. The highest BCUT2D eigenvalue weighted by atomic mass is 79.9. The van der Waals surface area contributed by atoms with Gasteiger partial charge in [-0.15, -0.1) is 5.10 Å². The van der Waals surface area contributed by atoms with Gasteiger partial charge < -0.3 is 5.32 Å². The molecular weight excluding hydrogens is 278 g/mol. The number of nitrogens with one attached hydrogen (secondary N) is 1. The highest BCUT2D eigenvalue weighted by molar-refractivity contribution is 9.09. The van der Waals surface area contributed by atoms with Gasteiger partial charge in [0, 0.05) is 11.4 Å². The number of amides is 1. The van der Waals surface area contributed by atoms with Crippen LogP contribution in [-0.4, -0.2) is 26.9 Å². The molecule has 4 nitrogen and oxygen atoms in total. The fourth-order valence-electron chi connectivity index (χ4n) is 1.14. The van der Waals surface area contributed by atoms with Crippen LogP contribution in [0.5, 0.6) is 0 Å². The van der Waals surface area contributed by atoms with Crippen LogP contribution in [0.25, 0.3) is 0 Å². The van der Waals surface area contributed by atoms with Gasteiger partial charge in [-0.3, -0.25) is 4.79 Å². The molecule has 0 fully saturated rings. The average Bonchev–Trinajstić information content (AvgIpc) is 2.61. The van der Waals surface area contributed by atoms with Crippen LogP contribution in [-0.2, 0) is 0 Å². The minimum atomic E-state index is -0.0805. The SMILES string of the molecule is CCCC(Br)CNC(=O)c1snnc1C. The zero-order valence-corrected chi connectivity index (χ0v) is 11.2. The van der Waals surface area contributed by atoms with E-state index in [-0.39, 0.29) is 5.91 Å².